The van der Waals surface area contributed by atoms with Crippen molar-refractivity contribution in [1.82, 2.24) is 9.78 Å². The van der Waals surface area contributed by atoms with E-state index in [1.165, 1.54) is 12.2 Å². The average Bonchev–Trinajstić information content (AvgIpc) is 2.63. The largest absolute Gasteiger partial charge is 0.486 e. The number of aromatic nitrogens is 2. The highest BCUT2D eigenvalue weighted by molar-refractivity contribution is 7.99. The van der Waals surface area contributed by atoms with Gasteiger partial charge in [0.05, 0.1) is 12.4 Å². The molecule has 1 aromatic rings. The van der Waals surface area contributed by atoms with Gasteiger partial charge in [-0.2, -0.15) is 16.9 Å². The van der Waals surface area contributed by atoms with Gasteiger partial charge in [-0.3, -0.25) is 4.68 Å². The second kappa shape index (κ2) is 3.39. The molecule has 0 spiro atoms. The van der Waals surface area contributed by atoms with E-state index in [9.17, 15) is 0 Å². The molecular weight excluding hydrogens is 172 g/mol. The smallest absolute Gasteiger partial charge is 0.157 e. The van der Waals surface area contributed by atoms with E-state index in [0.29, 0.717) is 6.10 Å². The normalized spacial score (nSPS) is 22.9. The van der Waals surface area contributed by atoms with Crippen LogP contribution >= 0.6 is 11.8 Å². The van der Waals surface area contributed by atoms with E-state index >= 15 is 0 Å². The van der Waals surface area contributed by atoms with Crippen LogP contribution < -0.4 is 4.74 Å². The van der Waals surface area contributed by atoms with Crippen molar-refractivity contribution in [2.24, 2.45) is 7.05 Å². The second-order valence-electron chi connectivity index (χ2n) is 2.95. The minimum Gasteiger partial charge on any atom is -0.486 e. The lowest BCUT2D eigenvalue weighted by Crippen LogP contribution is -2.14. The number of rotatable bonds is 2. The molecule has 0 amide bonds. The first-order chi connectivity index (χ1) is 5.84. The Morgan fingerprint density at radius 2 is 2.67 bits per heavy atom. The summed E-state index contributed by atoms with van der Waals surface area (Å²) in [6, 6.07) is 0. The van der Waals surface area contributed by atoms with Crippen LogP contribution in [0.4, 0.5) is 0 Å². The number of nitrogens with zero attached hydrogens (tertiary/aromatic N) is 2. The molecule has 3 nitrogen and oxygen atoms in total. The fraction of sp³-hybridized carbons (Fsp3) is 0.625. The first-order valence-corrected chi connectivity index (χ1v) is 5.23. The molecule has 1 atom stereocenters. The molecule has 4 heteroatoms. The van der Waals surface area contributed by atoms with Crippen molar-refractivity contribution >= 4 is 11.8 Å². The lowest BCUT2D eigenvalue weighted by Gasteiger charge is -2.08. The molecule has 0 aromatic carbocycles. The van der Waals surface area contributed by atoms with Gasteiger partial charge >= 0.3 is 0 Å². The summed E-state index contributed by atoms with van der Waals surface area (Å²) in [4.78, 5) is 0. The molecule has 1 aliphatic heterocycles. The van der Waals surface area contributed by atoms with Crippen LogP contribution in [-0.2, 0) is 7.05 Å². The van der Waals surface area contributed by atoms with Gasteiger partial charge in [0.25, 0.3) is 0 Å². The van der Waals surface area contributed by atoms with Crippen LogP contribution in [0.15, 0.2) is 12.4 Å². The Bertz CT molecular complexity index is 255. The molecule has 2 heterocycles. The molecule has 0 radical (unpaired) electrons. The summed E-state index contributed by atoms with van der Waals surface area (Å²) in [6.45, 7) is 0. The van der Waals surface area contributed by atoms with Gasteiger partial charge in [-0.25, -0.2) is 0 Å². The van der Waals surface area contributed by atoms with Gasteiger partial charge in [0, 0.05) is 12.8 Å². The molecule has 1 aromatic heterocycles. The molecule has 0 aliphatic carbocycles. The van der Waals surface area contributed by atoms with Crippen molar-refractivity contribution in [1.29, 1.82) is 0 Å². The van der Waals surface area contributed by atoms with Gasteiger partial charge in [-0.15, -0.1) is 0 Å². The minimum absolute atomic E-state index is 0.402. The molecular formula is C8H12N2OS. The first-order valence-electron chi connectivity index (χ1n) is 4.07. The molecule has 1 aliphatic rings. The lowest BCUT2D eigenvalue weighted by molar-refractivity contribution is 0.229. The summed E-state index contributed by atoms with van der Waals surface area (Å²) in [5.74, 6) is 3.24. The molecule has 1 saturated heterocycles. The summed E-state index contributed by atoms with van der Waals surface area (Å²) >= 11 is 1.96. The highest BCUT2D eigenvalue weighted by atomic mass is 32.2. The van der Waals surface area contributed by atoms with Crippen molar-refractivity contribution in [3.05, 3.63) is 12.4 Å². The number of hydrogen-bond donors (Lipinski definition) is 0. The van der Waals surface area contributed by atoms with Crippen LogP contribution in [0.3, 0.4) is 0 Å². The van der Waals surface area contributed by atoms with E-state index in [4.69, 9.17) is 4.74 Å². The van der Waals surface area contributed by atoms with Crippen LogP contribution in [0.1, 0.15) is 6.42 Å². The van der Waals surface area contributed by atoms with Gasteiger partial charge in [-0.1, -0.05) is 0 Å². The standard InChI is InChI=1S/C8H12N2OS/c1-10-5-8(4-9-10)11-7-2-3-12-6-7/h4-5,7H,2-3,6H2,1H3. The van der Waals surface area contributed by atoms with Crippen LogP contribution in [0, 0.1) is 0 Å². The lowest BCUT2D eigenvalue weighted by atomic mass is 10.3. The number of hydrogen-bond acceptors (Lipinski definition) is 3. The monoisotopic (exact) mass is 184 g/mol. The fourth-order valence-corrected chi connectivity index (χ4v) is 2.35. The van der Waals surface area contributed by atoms with Crippen molar-refractivity contribution in [2.75, 3.05) is 11.5 Å². The molecule has 66 valence electrons. The summed E-state index contributed by atoms with van der Waals surface area (Å²) < 4.78 is 7.45. The minimum atomic E-state index is 0.402. The maximum absolute atomic E-state index is 5.69. The van der Waals surface area contributed by atoms with E-state index in [0.717, 1.165) is 11.5 Å². The quantitative estimate of drug-likeness (QED) is 0.693. The van der Waals surface area contributed by atoms with E-state index in [1.807, 2.05) is 25.0 Å². The van der Waals surface area contributed by atoms with E-state index < -0.39 is 0 Å². The third kappa shape index (κ3) is 1.75. The number of aryl methyl sites for hydroxylation is 1. The molecule has 12 heavy (non-hydrogen) atoms. The van der Waals surface area contributed by atoms with Crippen molar-refractivity contribution in [3.63, 3.8) is 0 Å². The molecule has 1 unspecified atom stereocenters. The average molecular weight is 184 g/mol. The molecule has 0 N–H and O–H groups in total. The number of ether oxygens (including phenoxy) is 1. The van der Waals surface area contributed by atoms with E-state index in [1.54, 1.807) is 10.9 Å². The van der Waals surface area contributed by atoms with Crippen molar-refractivity contribution < 1.29 is 4.74 Å². The van der Waals surface area contributed by atoms with Crippen molar-refractivity contribution in [3.8, 4) is 5.75 Å². The Morgan fingerprint density at radius 3 is 3.25 bits per heavy atom. The molecule has 1 fully saturated rings. The SMILES string of the molecule is Cn1cc(OC2CCSC2)cn1. The summed E-state index contributed by atoms with van der Waals surface area (Å²) in [6.07, 6.45) is 5.24. The van der Waals surface area contributed by atoms with Gasteiger partial charge in [-0.05, 0) is 12.2 Å². The molecule has 0 saturated carbocycles. The third-order valence-electron chi connectivity index (χ3n) is 1.87. The Kier molecular flexibility index (Phi) is 2.26. The van der Waals surface area contributed by atoms with Crippen LogP contribution in [0.5, 0.6) is 5.75 Å². The van der Waals surface area contributed by atoms with Gasteiger partial charge in [0.15, 0.2) is 5.75 Å². The van der Waals surface area contributed by atoms with Crippen molar-refractivity contribution in [2.45, 2.75) is 12.5 Å². The molecule has 0 bridgehead atoms. The maximum atomic E-state index is 5.69. The van der Waals surface area contributed by atoms with Crippen LogP contribution in [0.25, 0.3) is 0 Å². The fourth-order valence-electron chi connectivity index (χ4n) is 1.26. The Labute approximate surface area is 76.1 Å². The zero-order chi connectivity index (χ0) is 8.39. The van der Waals surface area contributed by atoms with Crippen LogP contribution in [0.2, 0.25) is 0 Å². The topological polar surface area (TPSA) is 27.1 Å². The Morgan fingerprint density at radius 1 is 1.75 bits per heavy atom. The highest BCUT2D eigenvalue weighted by Crippen LogP contribution is 2.22. The predicted molar refractivity (Wildman–Crippen MR) is 49.6 cm³/mol. The highest BCUT2D eigenvalue weighted by Gasteiger charge is 2.17. The Balaban J connectivity index is 1.94. The van der Waals surface area contributed by atoms with Crippen LogP contribution in [-0.4, -0.2) is 27.4 Å². The summed E-state index contributed by atoms with van der Waals surface area (Å²) in [5, 5.41) is 4.04. The zero-order valence-electron chi connectivity index (χ0n) is 7.06. The van der Waals surface area contributed by atoms with E-state index in [2.05, 4.69) is 5.10 Å². The zero-order valence-corrected chi connectivity index (χ0v) is 7.88. The number of thioether (sulfide) groups is 1. The van der Waals surface area contributed by atoms with Gasteiger partial charge < -0.3 is 4.74 Å². The van der Waals surface area contributed by atoms with Gasteiger partial charge in [0.2, 0.25) is 0 Å². The third-order valence-corrected chi connectivity index (χ3v) is 3.00. The first kappa shape index (κ1) is 7.98. The molecule has 2 rings (SSSR count). The maximum Gasteiger partial charge on any atom is 0.157 e. The van der Waals surface area contributed by atoms with Gasteiger partial charge in [0.1, 0.15) is 6.10 Å². The predicted octanol–water partition coefficient (Wildman–Crippen LogP) is 1.30. The summed E-state index contributed by atoms with van der Waals surface area (Å²) in [7, 11) is 1.90. The summed E-state index contributed by atoms with van der Waals surface area (Å²) in [5.41, 5.74) is 0. The second-order valence-corrected chi connectivity index (χ2v) is 4.10. The van der Waals surface area contributed by atoms with E-state index in [-0.39, 0.29) is 0 Å². The Hall–Kier alpha value is -0.640.